The Morgan fingerprint density at radius 2 is 0.971 bits per heavy atom. The smallest absolute Gasteiger partial charge is 0.336 e. The van der Waals surface area contributed by atoms with E-state index in [0.29, 0.717) is 27.8 Å². The van der Waals surface area contributed by atoms with Crippen molar-refractivity contribution in [3.05, 3.63) is 95.1 Å². The molecular formula is C30H39NO4. The predicted octanol–water partition coefficient (Wildman–Crippen LogP) is 7.95. The van der Waals surface area contributed by atoms with E-state index in [1.807, 2.05) is 55.4 Å². The van der Waals surface area contributed by atoms with E-state index in [0.717, 1.165) is 0 Å². The molecule has 1 aliphatic heterocycles. The Kier molecular flexibility index (Phi) is 15.0. The van der Waals surface area contributed by atoms with Crippen LogP contribution >= 0.6 is 0 Å². The number of carboxylic acids is 1. The molecule has 2 amide bonds. The number of aromatic carboxylic acids is 1. The molecule has 3 aromatic rings. The highest BCUT2D eigenvalue weighted by Gasteiger charge is 2.35. The van der Waals surface area contributed by atoms with Crippen LogP contribution in [0.15, 0.2) is 72.8 Å². The van der Waals surface area contributed by atoms with E-state index in [9.17, 15) is 19.5 Å². The predicted molar refractivity (Wildman–Crippen MR) is 145 cm³/mol. The van der Waals surface area contributed by atoms with Gasteiger partial charge in [0.25, 0.3) is 11.8 Å². The average molecular weight is 478 g/mol. The Morgan fingerprint density at radius 1 is 0.600 bits per heavy atom. The van der Waals surface area contributed by atoms with Gasteiger partial charge in [-0.15, -0.1) is 0 Å². The molecule has 5 heteroatoms. The third-order valence-electron chi connectivity index (χ3n) is 4.67. The maximum absolute atomic E-state index is 12.6. The van der Waals surface area contributed by atoms with E-state index < -0.39 is 5.97 Å². The van der Waals surface area contributed by atoms with Gasteiger partial charge in [-0.1, -0.05) is 110 Å². The lowest BCUT2D eigenvalue weighted by atomic mass is 9.95. The first-order valence-electron chi connectivity index (χ1n) is 12.4. The van der Waals surface area contributed by atoms with Crippen LogP contribution in [-0.2, 0) is 6.54 Å². The fourth-order valence-corrected chi connectivity index (χ4v) is 3.38. The van der Waals surface area contributed by atoms with Crippen molar-refractivity contribution in [2.75, 3.05) is 0 Å². The fraction of sp³-hybridized carbons (Fsp3) is 0.300. The number of nitrogens with zero attached hydrogens (tertiary/aromatic N) is 1. The molecule has 0 unspecified atom stereocenters. The third kappa shape index (κ3) is 7.38. The number of carboxylic acid groups (broad SMARTS) is 1. The molecule has 0 saturated carbocycles. The van der Waals surface area contributed by atoms with Crippen molar-refractivity contribution in [2.24, 2.45) is 0 Å². The van der Waals surface area contributed by atoms with Crippen molar-refractivity contribution in [2.45, 2.75) is 61.9 Å². The van der Waals surface area contributed by atoms with Crippen molar-refractivity contribution in [1.82, 2.24) is 4.90 Å². The molecule has 188 valence electrons. The molecule has 0 saturated heterocycles. The second kappa shape index (κ2) is 16.8. The quantitative estimate of drug-likeness (QED) is 0.387. The van der Waals surface area contributed by atoms with Crippen LogP contribution in [0.25, 0.3) is 11.1 Å². The fourth-order valence-electron chi connectivity index (χ4n) is 3.38. The maximum atomic E-state index is 12.6. The minimum atomic E-state index is -1.03. The highest BCUT2D eigenvalue weighted by molar-refractivity contribution is 6.21. The van der Waals surface area contributed by atoms with Crippen LogP contribution in [0, 0.1) is 0 Å². The molecule has 0 aliphatic carbocycles. The first kappa shape index (κ1) is 31.3. The SMILES string of the molecule is CC.CC.CC.CC.O=C(O)c1ccccc1-c1ccccc1CN1C(=O)c2ccccc2C1=O. The van der Waals surface area contributed by atoms with Crippen molar-refractivity contribution < 1.29 is 19.5 Å². The zero-order valence-corrected chi connectivity index (χ0v) is 22.3. The lowest BCUT2D eigenvalue weighted by Crippen LogP contribution is -2.29. The summed E-state index contributed by atoms with van der Waals surface area (Å²) in [5.74, 6) is -1.70. The molecule has 1 N–H and O–H groups in total. The normalized spacial score (nSPS) is 10.7. The van der Waals surface area contributed by atoms with Gasteiger partial charge < -0.3 is 5.11 Å². The highest BCUT2D eigenvalue weighted by atomic mass is 16.4. The van der Waals surface area contributed by atoms with E-state index in [1.165, 1.54) is 11.0 Å². The average Bonchev–Trinajstić information content (AvgIpc) is 3.18. The Bertz CT molecular complexity index is 1050. The molecule has 1 aliphatic rings. The number of fused-ring (bicyclic) bond motifs is 1. The van der Waals surface area contributed by atoms with Crippen LogP contribution in [0.2, 0.25) is 0 Å². The minimum Gasteiger partial charge on any atom is -0.478 e. The van der Waals surface area contributed by atoms with E-state index in [4.69, 9.17) is 0 Å². The molecule has 0 bridgehead atoms. The van der Waals surface area contributed by atoms with Gasteiger partial charge in [-0.3, -0.25) is 14.5 Å². The molecule has 0 atom stereocenters. The standard InChI is InChI=1S/C22H15NO4.4C2H6/c24-20-17-10-4-5-11-18(17)21(25)23(20)13-14-7-1-2-8-15(14)16-9-3-6-12-19(16)22(26)27;4*1-2/h1-12H,13H2,(H,26,27);4*1-2H3. The lowest BCUT2D eigenvalue weighted by molar-refractivity contribution is 0.0639. The number of carbonyl (C=O) groups excluding carboxylic acids is 2. The van der Waals surface area contributed by atoms with Crippen molar-refractivity contribution in [1.29, 1.82) is 0 Å². The lowest BCUT2D eigenvalue weighted by Gasteiger charge is -2.17. The molecular weight excluding hydrogens is 438 g/mol. The summed E-state index contributed by atoms with van der Waals surface area (Å²) in [7, 11) is 0. The van der Waals surface area contributed by atoms with Gasteiger partial charge in [0.15, 0.2) is 0 Å². The Labute approximate surface area is 210 Å². The largest absolute Gasteiger partial charge is 0.478 e. The number of rotatable bonds is 4. The molecule has 4 rings (SSSR count). The number of imide groups is 1. The van der Waals surface area contributed by atoms with Crippen LogP contribution in [-0.4, -0.2) is 27.8 Å². The molecule has 3 aromatic carbocycles. The first-order valence-corrected chi connectivity index (χ1v) is 12.4. The zero-order valence-electron chi connectivity index (χ0n) is 22.3. The molecule has 35 heavy (non-hydrogen) atoms. The van der Waals surface area contributed by atoms with Gasteiger partial charge in [0.2, 0.25) is 0 Å². The van der Waals surface area contributed by atoms with Crippen molar-refractivity contribution >= 4 is 17.8 Å². The van der Waals surface area contributed by atoms with Gasteiger partial charge in [-0.2, -0.15) is 0 Å². The van der Waals surface area contributed by atoms with E-state index in [1.54, 1.807) is 66.7 Å². The van der Waals surface area contributed by atoms with Crippen LogP contribution < -0.4 is 0 Å². The van der Waals surface area contributed by atoms with Gasteiger partial charge in [0, 0.05) is 0 Å². The Hall–Kier alpha value is -3.73. The molecule has 0 fully saturated rings. The molecule has 0 spiro atoms. The van der Waals surface area contributed by atoms with Gasteiger partial charge in [0.05, 0.1) is 23.2 Å². The van der Waals surface area contributed by atoms with Crippen LogP contribution in [0.1, 0.15) is 92.0 Å². The van der Waals surface area contributed by atoms with Crippen LogP contribution in [0.4, 0.5) is 0 Å². The summed E-state index contributed by atoms with van der Waals surface area (Å²) in [4.78, 5) is 38.1. The van der Waals surface area contributed by atoms with E-state index >= 15 is 0 Å². The second-order valence-electron chi connectivity index (χ2n) is 6.25. The van der Waals surface area contributed by atoms with Crippen LogP contribution in [0.3, 0.4) is 0 Å². The van der Waals surface area contributed by atoms with Gasteiger partial charge in [-0.25, -0.2) is 4.79 Å². The summed E-state index contributed by atoms with van der Waals surface area (Å²) in [6.07, 6.45) is 0. The molecule has 0 radical (unpaired) electrons. The third-order valence-corrected chi connectivity index (χ3v) is 4.67. The monoisotopic (exact) mass is 477 g/mol. The minimum absolute atomic E-state index is 0.0798. The number of hydrogen-bond donors (Lipinski definition) is 1. The van der Waals surface area contributed by atoms with Gasteiger partial charge in [0.1, 0.15) is 0 Å². The maximum Gasteiger partial charge on any atom is 0.336 e. The van der Waals surface area contributed by atoms with Gasteiger partial charge in [-0.05, 0) is 34.9 Å². The summed E-state index contributed by atoms with van der Waals surface area (Å²) in [6, 6.07) is 20.6. The number of hydrogen-bond acceptors (Lipinski definition) is 3. The topological polar surface area (TPSA) is 74.7 Å². The Balaban J connectivity index is 0.00000132. The van der Waals surface area contributed by atoms with Gasteiger partial charge >= 0.3 is 5.97 Å². The molecule has 0 aromatic heterocycles. The van der Waals surface area contributed by atoms with E-state index in [-0.39, 0.29) is 23.9 Å². The number of benzene rings is 3. The zero-order chi connectivity index (χ0) is 27.0. The summed E-state index contributed by atoms with van der Waals surface area (Å²) in [5.41, 5.74) is 2.91. The summed E-state index contributed by atoms with van der Waals surface area (Å²) in [6.45, 7) is 16.1. The summed E-state index contributed by atoms with van der Waals surface area (Å²) >= 11 is 0. The number of amides is 2. The summed E-state index contributed by atoms with van der Waals surface area (Å²) in [5, 5.41) is 9.49. The molecule has 1 heterocycles. The Morgan fingerprint density at radius 3 is 1.43 bits per heavy atom. The number of carbonyl (C=O) groups is 3. The van der Waals surface area contributed by atoms with E-state index in [2.05, 4.69) is 0 Å². The van der Waals surface area contributed by atoms with Crippen LogP contribution in [0.5, 0.6) is 0 Å². The van der Waals surface area contributed by atoms with Crippen molar-refractivity contribution in [3.63, 3.8) is 0 Å². The van der Waals surface area contributed by atoms with Crippen molar-refractivity contribution in [3.8, 4) is 11.1 Å². The highest BCUT2D eigenvalue weighted by Crippen LogP contribution is 2.30. The second-order valence-corrected chi connectivity index (χ2v) is 6.25. The first-order chi connectivity index (χ1) is 17.1. The molecule has 5 nitrogen and oxygen atoms in total. The summed E-state index contributed by atoms with van der Waals surface area (Å²) < 4.78 is 0.